The van der Waals surface area contributed by atoms with Crippen LogP contribution in [0.4, 0.5) is 0 Å². The van der Waals surface area contributed by atoms with Gasteiger partial charge >= 0.3 is 17.9 Å². The van der Waals surface area contributed by atoms with Crippen molar-refractivity contribution in [2.24, 2.45) is 0 Å². The van der Waals surface area contributed by atoms with Crippen molar-refractivity contribution in [1.82, 2.24) is 4.98 Å². The summed E-state index contributed by atoms with van der Waals surface area (Å²) in [4.78, 5) is 40.5. The second kappa shape index (κ2) is 13.7. The van der Waals surface area contributed by atoms with Crippen LogP contribution in [0.5, 0.6) is 5.75 Å². The molecular weight excluding hydrogens is 546 g/mol. The molecule has 0 saturated heterocycles. The van der Waals surface area contributed by atoms with E-state index in [2.05, 4.69) is 4.98 Å². The lowest BCUT2D eigenvalue weighted by Crippen LogP contribution is -2.10. The maximum Gasteiger partial charge on any atom is 0.338 e. The lowest BCUT2D eigenvalue weighted by molar-refractivity contribution is 0.0435. The van der Waals surface area contributed by atoms with E-state index in [1.807, 2.05) is 54.6 Å². The number of ether oxygens (including phenoxy) is 3. The molecule has 5 rings (SSSR count). The van der Waals surface area contributed by atoms with Gasteiger partial charge in [-0.25, -0.2) is 14.4 Å². The Kier molecular flexibility index (Phi) is 9.19. The third-order valence-electron chi connectivity index (χ3n) is 6.55. The predicted molar refractivity (Wildman–Crippen MR) is 159 cm³/mol. The number of esters is 2. The van der Waals surface area contributed by atoms with Crippen molar-refractivity contribution < 1.29 is 33.7 Å². The Hall–Kier alpha value is -5.76. The quantitative estimate of drug-likeness (QED) is 0.173. The van der Waals surface area contributed by atoms with Gasteiger partial charge in [-0.2, -0.15) is 0 Å². The number of aromatic carboxylic acids is 1. The van der Waals surface area contributed by atoms with Crippen molar-refractivity contribution in [2.45, 2.75) is 19.8 Å². The Morgan fingerprint density at radius 1 is 0.605 bits per heavy atom. The summed E-state index contributed by atoms with van der Waals surface area (Å²) in [6.07, 6.45) is 1.32. The molecule has 0 aliphatic heterocycles. The summed E-state index contributed by atoms with van der Waals surface area (Å²) in [5, 5.41) is 9.11. The molecule has 0 spiro atoms. The minimum Gasteiger partial charge on any atom is -0.489 e. The molecule has 8 nitrogen and oxygen atoms in total. The van der Waals surface area contributed by atoms with Gasteiger partial charge in [0, 0.05) is 11.8 Å². The molecule has 0 radical (unpaired) electrons. The van der Waals surface area contributed by atoms with E-state index in [0.29, 0.717) is 33.7 Å². The van der Waals surface area contributed by atoms with Gasteiger partial charge in [-0.05, 0) is 71.3 Å². The van der Waals surface area contributed by atoms with Gasteiger partial charge in [-0.15, -0.1) is 0 Å². The molecule has 214 valence electrons. The van der Waals surface area contributed by atoms with Gasteiger partial charge in [-0.3, -0.25) is 4.98 Å². The van der Waals surface area contributed by atoms with Gasteiger partial charge in [-0.1, -0.05) is 60.7 Å². The van der Waals surface area contributed by atoms with Gasteiger partial charge in [0.1, 0.15) is 25.6 Å². The first-order valence-electron chi connectivity index (χ1n) is 13.4. The second-order valence-corrected chi connectivity index (χ2v) is 9.54. The molecule has 5 aromatic rings. The number of carbonyl (C=O) groups excluding carboxylic acids is 2. The number of hydrogen-bond donors (Lipinski definition) is 1. The van der Waals surface area contributed by atoms with Crippen molar-refractivity contribution in [3.05, 3.63) is 155 Å². The number of hydrogen-bond acceptors (Lipinski definition) is 7. The lowest BCUT2D eigenvalue weighted by Gasteiger charge is -2.14. The van der Waals surface area contributed by atoms with E-state index in [1.165, 1.54) is 12.3 Å². The number of carboxylic acid groups (broad SMARTS) is 1. The standard InChI is InChI=1S/C35H27NO7/c37-33(38)28-16-17-32(36-20-28)27-12-7-13-31(19-27)41-21-24-14-15-29(22-42-34(39)25-8-3-1-4-9-25)30(18-24)23-43-35(40)26-10-5-2-6-11-26/h1-20H,21-23H2,(H,37,38). The Bertz CT molecular complexity index is 1720. The van der Waals surface area contributed by atoms with E-state index in [4.69, 9.17) is 19.3 Å². The Labute approximate surface area is 248 Å². The average Bonchev–Trinajstić information content (AvgIpc) is 3.06. The van der Waals surface area contributed by atoms with Crippen LogP contribution in [0.1, 0.15) is 47.8 Å². The highest BCUT2D eigenvalue weighted by atomic mass is 16.5. The van der Waals surface area contributed by atoms with E-state index in [9.17, 15) is 14.4 Å². The first kappa shape index (κ1) is 28.8. The zero-order valence-corrected chi connectivity index (χ0v) is 23.0. The monoisotopic (exact) mass is 573 g/mol. The van der Waals surface area contributed by atoms with Crippen LogP contribution in [0.25, 0.3) is 11.3 Å². The molecule has 43 heavy (non-hydrogen) atoms. The molecule has 0 unspecified atom stereocenters. The van der Waals surface area contributed by atoms with Crippen LogP contribution >= 0.6 is 0 Å². The molecule has 0 amide bonds. The molecule has 0 atom stereocenters. The fourth-order valence-corrected chi connectivity index (χ4v) is 4.25. The maximum atomic E-state index is 12.6. The highest BCUT2D eigenvalue weighted by molar-refractivity contribution is 5.90. The highest BCUT2D eigenvalue weighted by Crippen LogP contribution is 2.24. The Morgan fingerprint density at radius 2 is 1.26 bits per heavy atom. The molecule has 0 saturated carbocycles. The van der Waals surface area contributed by atoms with Crippen LogP contribution in [-0.2, 0) is 29.3 Å². The van der Waals surface area contributed by atoms with Crippen LogP contribution in [0.2, 0.25) is 0 Å². The highest BCUT2D eigenvalue weighted by Gasteiger charge is 2.13. The fourth-order valence-electron chi connectivity index (χ4n) is 4.25. The third-order valence-corrected chi connectivity index (χ3v) is 6.55. The van der Waals surface area contributed by atoms with Crippen molar-refractivity contribution >= 4 is 17.9 Å². The summed E-state index contributed by atoms with van der Waals surface area (Å²) in [7, 11) is 0. The molecule has 1 aromatic heterocycles. The molecule has 1 N–H and O–H groups in total. The van der Waals surface area contributed by atoms with E-state index in [1.54, 1.807) is 54.6 Å². The SMILES string of the molecule is O=C(O)c1ccc(-c2cccc(OCc3ccc(COC(=O)c4ccccc4)c(COC(=O)c4ccccc4)c3)c2)nc1. The summed E-state index contributed by atoms with van der Waals surface area (Å²) in [6, 6.07) is 33.5. The number of nitrogens with zero attached hydrogens (tertiary/aromatic N) is 1. The molecule has 0 aliphatic rings. The van der Waals surface area contributed by atoms with Gasteiger partial charge in [0.05, 0.1) is 22.4 Å². The molecule has 0 aliphatic carbocycles. The van der Waals surface area contributed by atoms with Gasteiger partial charge in [0.25, 0.3) is 0 Å². The van der Waals surface area contributed by atoms with Crippen molar-refractivity contribution in [2.75, 3.05) is 0 Å². The van der Waals surface area contributed by atoms with E-state index >= 15 is 0 Å². The topological polar surface area (TPSA) is 112 Å². The van der Waals surface area contributed by atoms with Crippen LogP contribution in [0.3, 0.4) is 0 Å². The molecule has 0 bridgehead atoms. The van der Waals surface area contributed by atoms with Crippen LogP contribution < -0.4 is 4.74 Å². The third kappa shape index (κ3) is 7.71. The summed E-state index contributed by atoms with van der Waals surface area (Å²) in [6.45, 7) is 0.203. The average molecular weight is 574 g/mol. The van der Waals surface area contributed by atoms with E-state index in [0.717, 1.165) is 11.1 Å². The minimum absolute atomic E-state index is 0.00278. The maximum absolute atomic E-state index is 12.6. The Morgan fingerprint density at radius 3 is 1.86 bits per heavy atom. The van der Waals surface area contributed by atoms with Crippen molar-refractivity contribution in [3.8, 4) is 17.0 Å². The minimum atomic E-state index is -1.04. The molecular formula is C35H27NO7. The smallest absolute Gasteiger partial charge is 0.338 e. The summed E-state index contributed by atoms with van der Waals surface area (Å²) < 4.78 is 17.2. The van der Waals surface area contributed by atoms with Crippen LogP contribution in [0, 0.1) is 0 Å². The van der Waals surface area contributed by atoms with Gasteiger partial charge < -0.3 is 19.3 Å². The van der Waals surface area contributed by atoms with Crippen LogP contribution in [-0.4, -0.2) is 28.0 Å². The first-order chi connectivity index (χ1) is 21.0. The van der Waals surface area contributed by atoms with Crippen LogP contribution in [0.15, 0.2) is 121 Å². The molecule has 0 fully saturated rings. The van der Waals surface area contributed by atoms with E-state index < -0.39 is 17.9 Å². The largest absolute Gasteiger partial charge is 0.489 e. The van der Waals surface area contributed by atoms with Gasteiger partial charge in [0.2, 0.25) is 0 Å². The molecule has 4 aromatic carbocycles. The lowest BCUT2D eigenvalue weighted by atomic mass is 10.0. The molecule has 1 heterocycles. The number of rotatable bonds is 11. The number of aromatic nitrogens is 1. The molecule has 8 heteroatoms. The number of carboxylic acids is 1. The first-order valence-corrected chi connectivity index (χ1v) is 13.4. The number of benzene rings is 4. The fraction of sp³-hybridized carbons (Fsp3) is 0.0857. The summed E-state index contributed by atoms with van der Waals surface area (Å²) in [5.74, 6) is -1.35. The van der Waals surface area contributed by atoms with Crippen molar-refractivity contribution in [3.63, 3.8) is 0 Å². The predicted octanol–water partition coefficient (Wildman–Crippen LogP) is 6.74. The Balaban J connectivity index is 1.30. The second-order valence-electron chi connectivity index (χ2n) is 9.54. The zero-order valence-electron chi connectivity index (χ0n) is 23.0. The van der Waals surface area contributed by atoms with E-state index in [-0.39, 0.29) is 25.4 Å². The normalized spacial score (nSPS) is 10.5. The summed E-state index contributed by atoms with van der Waals surface area (Å²) >= 11 is 0. The van der Waals surface area contributed by atoms with Gasteiger partial charge in [0.15, 0.2) is 0 Å². The number of pyridine rings is 1. The van der Waals surface area contributed by atoms with Crippen molar-refractivity contribution in [1.29, 1.82) is 0 Å². The zero-order chi connectivity index (χ0) is 30.0. The number of carbonyl (C=O) groups is 3. The summed E-state index contributed by atoms with van der Waals surface area (Å²) in [5.41, 5.74) is 4.59.